The van der Waals surface area contributed by atoms with Crippen molar-refractivity contribution in [1.82, 2.24) is 14.5 Å². The maximum Gasteiger partial charge on any atom is 0.327 e. The number of nitrogens with zero attached hydrogens (tertiary/aromatic N) is 3. The third-order valence-electron chi connectivity index (χ3n) is 2.96. The zero-order valence-corrected chi connectivity index (χ0v) is 11.2. The molecule has 0 saturated heterocycles. The molecule has 0 spiro atoms. The van der Waals surface area contributed by atoms with E-state index in [9.17, 15) is 9.90 Å². The fourth-order valence-corrected chi connectivity index (χ4v) is 2.09. The minimum absolute atomic E-state index is 0.541. The molecule has 1 heterocycles. The van der Waals surface area contributed by atoms with Gasteiger partial charge in [0.05, 0.1) is 5.69 Å². The zero-order valence-electron chi connectivity index (χ0n) is 11.2. The van der Waals surface area contributed by atoms with Crippen molar-refractivity contribution in [2.24, 2.45) is 7.05 Å². The summed E-state index contributed by atoms with van der Waals surface area (Å²) in [5.41, 5.74) is 1.51. The van der Waals surface area contributed by atoms with E-state index in [2.05, 4.69) is 4.98 Å². The summed E-state index contributed by atoms with van der Waals surface area (Å²) in [4.78, 5) is 17.4. The van der Waals surface area contributed by atoms with Crippen LogP contribution in [0.5, 0.6) is 0 Å². The molecule has 0 radical (unpaired) electrons. The van der Waals surface area contributed by atoms with E-state index in [1.54, 1.807) is 25.2 Å². The second kappa shape index (κ2) is 5.24. The second-order valence-electron chi connectivity index (χ2n) is 4.67. The Bertz CT molecular complexity index is 576. The predicted octanol–water partition coefficient (Wildman–Crippen LogP) is 1.77. The molecular formula is C14H17N3O2. The number of aliphatic carboxylic acids is 1. The molecular weight excluding hydrogens is 242 g/mol. The first-order valence-electron chi connectivity index (χ1n) is 5.98. The minimum atomic E-state index is -0.900. The van der Waals surface area contributed by atoms with Gasteiger partial charge in [0.25, 0.3) is 0 Å². The van der Waals surface area contributed by atoms with Crippen molar-refractivity contribution in [2.45, 2.75) is 6.04 Å². The molecule has 2 aromatic rings. The highest BCUT2D eigenvalue weighted by atomic mass is 16.4. The molecule has 5 nitrogen and oxygen atoms in total. The van der Waals surface area contributed by atoms with E-state index in [4.69, 9.17) is 0 Å². The van der Waals surface area contributed by atoms with Crippen LogP contribution >= 0.6 is 0 Å². The number of likely N-dealkylation sites (N-methyl/N-ethyl adjacent to an activating group) is 1. The molecule has 0 bridgehead atoms. The van der Waals surface area contributed by atoms with Gasteiger partial charge in [0.1, 0.15) is 5.82 Å². The van der Waals surface area contributed by atoms with Gasteiger partial charge in [-0.1, -0.05) is 30.3 Å². The number of aryl methyl sites for hydroxylation is 1. The number of aromatic nitrogens is 2. The van der Waals surface area contributed by atoms with E-state index in [-0.39, 0.29) is 0 Å². The van der Waals surface area contributed by atoms with E-state index >= 15 is 0 Å². The molecule has 1 atom stereocenters. The van der Waals surface area contributed by atoms with E-state index in [1.807, 2.05) is 41.9 Å². The lowest BCUT2D eigenvalue weighted by Gasteiger charge is -2.17. The average molecular weight is 259 g/mol. The van der Waals surface area contributed by atoms with Crippen LogP contribution in [-0.4, -0.2) is 39.6 Å². The van der Waals surface area contributed by atoms with Gasteiger partial charge >= 0.3 is 5.97 Å². The Morgan fingerprint density at radius 3 is 2.47 bits per heavy atom. The van der Waals surface area contributed by atoms with Crippen molar-refractivity contribution in [3.8, 4) is 11.4 Å². The first-order chi connectivity index (χ1) is 9.00. The molecule has 1 N–H and O–H groups in total. The third kappa shape index (κ3) is 2.66. The summed E-state index contributed by atoms with van der Waals surface area (Å²) in [5.74, 6) is -0.133. The number of imidazole rings is 1. The van der Waals surface area contributed by atoms with Crippen LogP contribution in [0.1, 0.15) is 11.7 Å². The van der Waals surface area contributed by atoms with Gasteiger partial charge < -0.3 is 9.67 Å². The van der Waals surface area contributed by atoms with E-state index in [1.165, 1.54) is 0 Å². The van der Waals surface area contributed by atoms with Crippen molar-refractivity contribution in [2.75, 3.05) is 14.1 Å². The molecule has 1 aromatic carbocycles. The van der Waals surface area contributed by atoms with Crippen LogP contribution in [0.3, 0.4) is 0 Å². The predicted molar refractivity (Wildman–Crippen MR) is 72.7 cm³/mol. The normalized spacial score (nSPS) is 12.6. The third-order valence-corrected chi connectivity index (χ3v) is 2.96. The van der Waals surface area contributed by atoms with Crippen LogP contribution in [0.25, 0.3) is 11.4 Å². The average Bonchev–Trinajstić information content (AvgIpc) is 2.71. The van der Waals surface area contributed by atoms with Crippen molar-refractivity contribution in [1.29, 1.82) is 0 Å². The van der Waals surface area contributed by atoms with Crippen molar-refractivity contribution in [3.63, 3.8) is 0 Å². The van der Waals surface area contributed by atoms with Crippen LogP contribution in [0.15, 0.2) is 36.5 Å². The van der Waals surface area contributed by atoms with Crippen LogP contribution in [-0.2, 0) is 11.8 Å². The molecule has 19 heavy (non-hydrogen) atoms. The fourth-order valence-electron chi connectivity index (χ4n) is 2.09. The summed E-state index contributed by atoms with van der Waals surface area (Å²) >= 11 is 0. The first kappa shape index (κ1) is 13.3. The van der Waals surface area contributed by atoms with E-state index in [0.717, 1.165) is 11.4 Å². The van der Waals surface area contributed by atoms with Gasteiger partial charge in [-0.2, -0.15) is 0 Å². The Morgan fingerprint density at radius 1 is 1.32 bits per heavy atom. The molecule has 2 rings (SSSR count). The monoisotopic (exact) mass is 259 g/mol. The molecule has 1 aromatic heterocycles. The van der Waals surface area contributed by atoms with Crippen LogP contribution in [0.4, 0.5) is 0 Å². The molecule has 0 aliphatic carbocycles. The van der Waals surface area contributed by atoms with Gasteiger partial charge in [-0.3, -0.25) is 9.69 Å². The number of carboxylic acids is 1. The summed E-state index contributed by atoms with van der Waals surface area (Å²) in [6.07, 6.45) is 1.76. The highest BCUT2D eigenvalue weighted by Gasteiger charge is 2.25. The van der Waals surface area contributed by atoms with Gasteiger partial charge in [0.2, 0.25) is 0 Å². The molecule has 0 aliphatic rings. The standard InChI is InChI=1S/C14H17N3O2/c1-16(2)12(14(18)19)11-9-17(3)13(15-11)10-7-5-4-6-8-10/h4-9,12H,1-3H3,(H,18,19). The lowest BCUT2D eigenvalue weighted by atomic mass is 10.2. The molecule has 5 heteroatoms. The number of hydrogen-bond acceptors (Lipinski definition) is 3. The van der Waals surface area contributed by atoms with E-state index in [0.29, 0.717) is 5.69 Å². The summed E-state index contributed by atoms with van der Waals surface area (Å²) in [5, 5.41) is 9.28. The second-order valence-corrected chi connectivity index (χ2v) is 4.67. The first-order valence-corrected chi connectivity index (χ1v) is 5.98. The summed E-state index contributed by atoms with van der Waals surface area (Å²) in [7, 11) is 5.33. The number of benzene rings is 1. The van der Waals surface area contributed by atoms with Crippen LogP contribution in [0, 0.1) is 0 Å². The van der Waals surface area contributed by atoms with Crippen molar-refractivity contribution >= 4 is 5.97 Å². The SMILES string of the molecule is CN(C)C(C(=O)O)c1cn(C)c(-c2ccccc2)n1. The Hall–Kier alpha value is -2.14. The van der Waals surface area contributed by atoms with Gasteiger partial charge in [-0.15, -0.1) is 0 Å². The Kier molecular flexibility index (Phi) is 3.66. The lowest BCUT2D eigenvalue weighted by Crippen LogP contribution is -2.27. The Balaban J connectivity index is 2.44. The molecule has 0 aliphatic heterocycles. The maximum absolute atomic E-state index is 11.3. The number of hydrogen-bond donors (Lipinski definition) is 1. The maximum atomic E-state index is 11.3. The quantitative estimate of drug-likeness (QED) is 0.909. The van der Waals surface area contributed by atoms with E-state index < -0.39 is 12.0 Å². The number of carboxylic acid groups (broad SMARTS) is 1. The Labute approximate surface area is 112 Å². The fraction of sp³-hybridized carbons (Fsp3) is 0.286. The van der Waals surface area contributed by atoms with Gasteiger partial charge in [-0.25, -0.2) is 4.98 Å². The van der Waals surface area contributed by atoms with Gasteiger partial charge in [-0.05, 0) is 14.1 Å². The molecule has 0 saturated carbocycles. The van der Waals surface area contributed by atoms with Gasteiger partial charge in [0, 0.05) is 18.8 Å². The smallest absolute Gasteiger partial charge is 0.327 e. The van der Waals surface area contributed by atoms with Crippen molar-refractivity contribution < 1.29 is 9.90 Å². The lowest BCUT2D eigenvalue weighted by molar-refractivity contribution is -0.142. The molecule has 0 fully saturated rings. The molecule has 1 unspecified atom stereocenters. The highest BCUT2D eigenvalue weighted by Crippen LogP contribution is 2.23. The number of rotatable bonds is 4. The molecule has 0 amide bonds. The highest BCUT2D eigenvalue weighted by molar-refractivity contribution is 5.75. The van der Waals surface area contributed by atoms with Crippen molar-refractivity contribution in [3.05, 3.63) is 42.2 Å². The zero-order chi connectivity index (χ0) is 14.0. The summed E-state index contributed by atoms with van der Waals surface area (Å²) in [6, 6.07) is 8.99. The van der Waals surface area contributed by atoms with Crippen LogP contribution < -0.4 is 0 Å². The molecule has 100 valence electrons. The Morgan fingerprint density at radius 2 is 1.95 bits per heavy atom. The van der Waals surface area contributed by atoms with Crippen LogP contribution in [0.2, 0.25) is 0 Å². The van der Waals surface area contributed by atoms with Gasteiger partial charge in [0.15, 0.2) is 6.04 Å². The largest absolute Gasteiger partial charge is 0.480 e. The number of carbonyl (C=O) groups is 1. The minimum Gasteiger partial charge on any atom is -0.480 e. The summed E-state index contributed by atoms with van der Waals surface area (Å²) in [6.45, 7) is 0. The topological polar surface area (TPSA) is 58.4 Å². The summed E-state index contributed by atoms with van der Waals surface area (Å²) < 4.78 is 1.85.